The molecule has 0 radical (unpaired) electrons. The van der Waals surface area contributed by atoms with Gasteiger partial charge in [0.2, 0.25) is 0 Å². The molecule has 0 atom stereocenters. The first-order valence-electron chi connectivity index (χ1n) is 3.78. The van der Waals surface area contributed by atoms with Crippen molar-refractivity contribution in [2.45, 2.75) is 0 Å². The third-order valence-corrected chi connectivity index (χ3v) is 1.84. The maximum atomic E-state index is 13.1. The highest BCUT2D eigenvalue weighted by molar-refractivity contribution is 5.81. The SMILES string of the molecule is Nc1cnc2cc(F)c(F)c(F)c2c1. The molecule has 0 aliphatic rings. The molecule has 0 fully saturated rings. The number of nitrogens with two attached hydrogens (primary N) is 1. The molecule has 0 amide bonds. The second-order valence-corrected chi connectivity index (χ2v) is 2.82. The lowest BCUT2D eigenvalue weighted by atomic mass is 10.2. The molecule has 5 heteroatoms. The van der Waals surface area contributed by atoms with E-state index in [0.717, 1.165) is 6.07 Å². The van der Waals surface area contributed by atoms with E-state index in [1.165, 1.54) is 12.3 Å². The van der Waals surface area contributed by atoms with Gasteiger partial charge in [-0.15, -0.1) is 0 Å². The summed E-state index contributed by atoms with van der Waals surface area (Å²) in [5, 5.41) is -0.121. The highest BCUT2D eigenvalue weighted by atomic mass is 19.2. The number of hydrogen-bond donors (Lipinski definition) is 1. The molecule has 1 heterocycles. The van der Waals surface area contributed by atoms with E-state index in [9.17, 15) is 13.2 Å². The molecule has 2 N–H and O–H groups in total. The number of halogens is 3. The van der Waals surface area contributed by atoms with Gasteiger partial charge in [0.15, 0.2) is 17.5 Å². The van der Waals surface area contributed by atoms with Gasteiger partial charge in [0.05, 0.1) is 17.4 Å². The maximum absolute atomic E-state index is 13.1. The lowest BCUT2D eigenvalue weighted by Gasteiger charge is -2.01. The number of aromatic nitrogens is 1. The zero-order valence-electron chi connectivity index (χ0n) is 6.89. The number of pyridine rings is 1. The molecule has 0 saturated heterocycles. The van der Waals surface area contributed by atoms with E-state index in [1.54, 1.807) is 0 Å². The van der Waals surface area contributed by atoms with Gasteiger partial charge >= 0.3 is 0 Å². The van der Waals surface area contributed by atoms with Crippen LogP contribution in [-0.2, 0) is 0 Å². The number of benzene rings is 1. The van der Waals surface area contributed by atoms with E-state index in [2.05, 4.69) is 4.98 Å². The Morgan fingerprint density at radius 1 is 1.07 bits per heavy atom. The summed E-state index contributed by atoms with van der Waals surface area (Å²) >= 11 is 0. The second kappa shape index (κ2) is 2.87. The molecule has 0 saturated carbocycles. The Bertz CT molecular complexity index is 511. The standard InChI is InChI=1S/C9H5F3N2/c10-6-2-7-5(8(11)9(6)12)1-4(13)3-14-7/h1-3H,13H2. The van der Waals surface area contributed by atoms with E-state index < -0.39 is 17.5 Å². The zero-order valence-corrected chi connectivity index (χ0v) is 6.89. The number of nitrogens with zero attached hydrogens (tertiary/aromatic N) is 1. The summed E-state index contributed by atoms with van der Waals surface area (Å²) in [5.74, 6) is -4.03. The first-order chi connectivity index (χ1) is 6.59. The van der Waals surface area contributed by atoms with Crippen LogP contribution in [0.4, 0.5) is 18.9 Å². The van der Waals surface area contributed by atoms with Crippen LogP contribution in [0, 0.1) is 17.5 Å². The van der Waals surface area contributed by atoms with Crippen LogP contribution < -0.4 is 5.73 Å². The minimum atomic E-state index is -1.51. The average molecular weight is 198 g/mol. The highest BCUT2D eigenvalue weighted by Crippen LogP contribution is 2.22. The summed E-state index contributed by atoms with van der Waals surface area (Å²) in [6.07, 6.45) is 1.25. The molecule has 2 rings (SSSR count). The van der Waals surface area contributed by atoms with Crippen LogP contribution in [-0.4, -0.2) is 4.98 Å². The van der Waals surface area contributed by atoms with Gasteiger partial charge in [-0.25, -0.2) is 13.2 Å². The first-order valence-corrected chi connectivity index (χ1v) is 3.78. The molecule has 2 aromatic rings. The highest BCUT2D eigenvalue weighted by Gasteiger charge is 2.13. The monoisotopic (exact) mass is 198 g/mol. The molecule has 1 aromatic carbocycles. The Morgan fingerprint density at radius 2 is 1.79 bits per heavy atom. The van der Waals surface area contributed by atoms with Gasteiger partial charge in [-0.1, -0.05) is 0 Å². The van der Waals surface area contributed by atoms with Crippen molar-refractivity contribution in [1.29, 1.82) is 0 Å². The fraction of sp³-hybridized carbons (Fsp3) is 0. The minimum Gasteiger partial charge on any atom is -0.397 e. The molecule has 0 spiro atoms. The molecule has 14 heavy (non-hydrogen) atoms. The molecular formula is C9H5F3N2. The van der Waals surface area contributed by atoms with Crippen LogP contribution in [0.15, 0.2) is 18.3 Å². The Hall–Kier alpha value is -1.78. The first kappa shape index (κ1) is 8.80. The van der Waals surface area contributed by atoms with E-state index in [-0.39, 0.29) is 16.6 Å². The van der Waals surface area contributed by atoms with Crippen LogP contribution in [0.2, 0.25) is 0 Å². The van der Waals surface area contributed by atoms with Gasteiger partial charge in [-0.05, 0) is 6.07 Å². The van der Waals surface area contributed by atoms with Gasteiger partial charge in [0.25, 0.3) is 0 Å². The van der Waals surface area contributed by atoms with Crippen molar-refractivity contribution in [2.24, 2.45) is 0 Å². The van der Waals surface area contributed by atoms with E-state index in [0.29, 0.717) is 0 Å². The Labute approximate surface area is 77.2 Å². The number of rotatable bonds is 0. The third-order valence-electron chi connectivity index (χ3n) is 1.84. The van der Waals surface area contributed by atoms with Crippen LogP contribution in [0.25, 0.3) is 10.9 Å². The van der Waals surface area contributed by atoms with Crippen molar-refractivity contribution in [3.63, 3.8) is 0 Å². The van der Waals surface area contributed by atoms with Crippen LogP contribution in [0.5, 0.6) is 0 Å². The van der Waals surface area contributed by atoms with E-state index in [4.69, 9.17) is 5.73 Å². The average Bonchev–Trinajstić information content (AvgIpc) is 2.16. The quantitative estimate of drug-likeness (QED) is 0.659. The van der Waals surface area contributed by atoms with Crippen molar-refractivity contribution >= 4 is 16.6 Å². The largest absolute Gasteiger partial charge is 0.397 e. The number of hydrogen-bond acceptors (Lipinski definition) is 2. The van der Waals surface area contributed by atoms with Crippen LogP contribution in [0.3, 0.4) is 0 Å². The molecule has 0 aliphatic carbocycles. The summed E-state index contributed by atoms with van der Waals surface area (Å²) in [5.41, 5.74) is 5.57. The second-order valence-electron chi connectivity index (χ2n) is 2.82. The van der Waals surface area contributed by atoms with E-state index in [1.807, 2.05) is 0 Å². The Morgan fingerprint density at radius 3 is 2.50 bits per heavy atom. The van der Waals surface area contributed by atoms with Crippen molar-refractivity contribution in [1.82, 2.24) is 4.98 Å². The van der Waals surface area contributed by atoms with Crippen molar-refractivity contribution < 1.29 is 13.2 Å². The molecule has 0 aliphatic heterocycles. The summed E-state index contributed by atoms with van der Waals surface area (Å²) in [7, 11) is 0. The fourth-order valence-corrected chi connectivity index (χ4v) is 1.19. The van der Waals surface area contributed by atoms with E-state index >= 15 is 0 Å². The predicted molar refractivity (Wildman–Crippen MR) is 46.0 cm³/mol. The summed E-state index contributed by atoms with van der Waals surface area (Å²) in [4.78, 5) is 3.67. The molecule has 2 nitrogen and oxygen atoms in total. The number of anilines is 1. The summed E-state index contributed by atoms with van der Waals surface area (Å²) in [6.45, 7) is 0. The Balaban J connectivity index is 2.92. The van der Waals surface area contributed by atoms with Gasteiger partial charge in [0.1, 0.15) is 0 Å². The topological polar surface area (TPSA) is 38.9 Å². The summed E-state index contributed by atoms with van der Waals surface area (Å²) < 4.78 is 38.6. The smallest absolute Gasteiger partial charge is 0.195 e. The molecule has 0 bridgehead atoms. The van der Waals surface area contributed by atoms with Crippen molar-refractivity contribution in [2.75, 3.05) is 5.73 Å². The van der Waals surface area contributed by atoms with Crippen LogP contribution >= 0.6 is 0 Å². The van der Waals surface area contributed by atoms with Crippen molar-refractivity contribution in [3.05, 3.63) is 35.8 Å². The predicted octanol–water partition coefficient (Wildman–Crippen LogP) is 2.23. The molecule has 72 valence electrons. The lowest BCUT2D eigenvalue weighted by Crippen LogP contribution is -1.95. The lowest BCUT2D eigenvalue weighted by molar-refractivity contribution is 0.453. The molecule has 1 aromatic heterocycles. The van der Waals surface area contributed by atoms with Gasteiger partial charge in [-0.2, -0.15) is 0 Å². The van der Waals surface area contributed by atoms with Crippen molar-refractivity contribution in [3.8, 4) is 0 Å². The normalized spacial score (nSPS) is 10.8. The van der Waals surface area contributed by atoms with Gasteiger partial charge < -0.3 is 5.73 Å². The molecule has 0 unspecified atom stereocenters. The van der Waals surface area contributed by atoms with Gasteiger partial charge in [-0.3, -0.25) is 4.98 Å². The fourth-order valence-electron chi connectivity index (χ4n) is 1.19. The van der Waals surface area contributed by atoms with Crippen LogP contribution in [0.1, 0.15) is 0 Å². The van der Waals surface area contributed by atoms with Gasteiger partial charge in [0, 0.05) is 11.5 Å². The third kappa shape index (κ3) is 1.17. The zero-order chi connectivity index (χ0) is 10.3. The Kier molecular flexibility index (Phi) is 1.80. The number of nitrogen functional groups attached to an aromatic ring is 1. The maximum Gasteiger partial charge on any atom is 0.195 e. The number of fused-ring (bicyclic) bond motifs is 1. The minimum absolute atomic E-state index is 0.0376. The summed E-state index contributed by atoms with van der Waals surface area (Å²) in [6, 6.07) is 2.04. The molecular weight excluding hydrogens is 193 g/mol.